The van der Waals surface area contributed by atoms with Crippen molar-refractivity contribution in [2.24, 2.45) is 40.9 Å². The van der Waals surface area contributed by atoms with Crippen molar-refractivity contribution >= 4 is 0 Å². The number of rotatable bonds is 0. The molecule has 3 heterocycles. The molecule has 9 heteroatoms. The molecule has 7 fully saturated rings. The fraction of sp³-hybridized carbons (Fsp3) is 1.00. The van der Waals surface area contributed by atoms with Gasteiger partial charge in [-0.25, -0.2) is 0 Å². The number of aliphatic hydroxyl groups excluding tert-OH is 4. The summed E-state index contributed by atoms with van der Waals surface area (Å²) in [5, 5.41) is 81.4. The monoisotopic (exact) mass is 509 g/mol. The molecule has 0 radical (unpaired) electrons. The first-order valence-electron chi connectivity index (χ1n) is 14.1. The van der Waals surface area contributed by atoms with Crippen LogP contribution in [0.15, 0.2) is 0 Å². The molecular weight excluding hydrogens is 466 g/mol. The topological polar surface area (TPSA) is 154 Å². The van der Waals surface area contributed by atoms with Gasteiger partial charge in [0, 0.05) is 42.3 Å². The Balaban J connectivity index is 1.37. The number of hydrogen-bond acceptors (Lipinski definition) is 9. The van der Waals surface area contributed by atoms with E-state index >= 15 is 0 Å². The molecule has 0 aromatic rings. The van der Waals surface area contributed by atoms with Crippen molar-refractivity contribution < 1.29 is 40.5 Å². The lowest BCUT2D eigenvalue weighted by Gasteiger charge is -2.63. The smallest absolute Gasteiger partial charge is 0.196 e. The number of hydrogen-bond donors (Lipinski definition) is 7. The van der Waals surface area contributed by atoms with Crippen molar-refractivity contribution in [1.29, 1.82) is 0 Å². The van der Waals surface area contributed by atoms with Crippen LogP contribution in [0.3, 0.4) is 0 Å². The quantitative estimate of drug-likeness (QED) is 0.222. The Morgan fingerprint density at radius 2 is 1.67 bits per heavy atom. The van der Waals surface area contributed by atoms with E-state index in [9.17, 15) is 35.7 Å². The Labute approximate surface area is 212 Å². The van der Waals surface area contributed by atoms with Gasteiger partial charge in [0.15, 0.2) is 5.79 Å². The van der Waals surface area contributed by atoms with Gasteiger partial charge in [0.25, 0.3) is 0 Å². The first-order chi connectivity index (χ1) is 16.7. The molecule has 5 unspecified atom stereocenters. The molecule has 0 aromatic heterocycles. The summed E-state index contributed by atoms with van der Waals surface area (Å²) in [6.07, 6.45) is -1.92. The van der Waals surface area contributed by atoms with Gasteiger partial charge in [-0.15, -0.1) is 0 Å². The Kier molecular flexibility index (Phi) is 4.82. The van der Waals surface area contributed by atoms with Crippen LogP contribution in [-0.2, 0) is 4.74 Å². The maximum Gasteiger partial charge on any atom is 0.196 e. The van der Waals surface area contributed by atoms with Crippen LogP contribution in [0.4, 0.5) is 0 Å². The molecule has 4 aliphatic carbocycles. The lowest BCUT2D eigenvalue weighted by Crippen LogP contribution is -2.76. The van der Waals surface area contributed by atoms with E-state index in [0.29, 0.717) is 31.7 Å². The molecule has 36 heavy (non-hydrogen) atoms. The minimum Gasteiger partial charge on any atom is -0.393 e. The molecule has 9 nitrogen and oxygen atoms in total. The molecule has 1 spiro atoms. The van der Waals surface area contributed by atoms with Crippen molar-refractivity contribution in [2.75, 3.05) is 13.1 Å². The average Bonchev–Trinajstić information content (AvgIpc) is 3.08. The number of piperidine rings is 2. The second-order valence-corrected chi connectivity index (χ2v) is 14.2. The number of fused-ring (bicyclic) bond motifs is 5. The molecule has 4 bridgehead atoms. The average molecular weight is 510 g/mol. The van der Waals surface area contributed by atoms with E-state index in [0.717, 1.165) is 19.4 Å². The van der Waals surface area contributed by atoms with Crippen molar-refractivity contribution in [3.8, 4) is 0 Å². The Bertz CT molecular complexity index is 964. The molecule has 204 valence electrons. The number of nitrogens with zero attached hydrogens (tertiary/aromatic N) is 1. The van der Waals surface area contributed by atoms with Gasteiger partial charge >= 0.3 is 0 Å². The third-order valence-corrected chi connectivity index (χ3v) is 12.8. The third kappa shape index (κ3) is 2.46. The molecule has 7 rings (SSSR count). The van der Waals surface area contributed by atoms with Crippen LogP contribution in [-0.4, -0.2) is 107 Å². The highest BCUT2D eigenvalue weighted by atomic mass is 16.7. The van der Waals surface area contributed by atoms with Gasteiger partial charge in [0.2, 0.25) is 0 Å². The van der Waals surface area contributed by atoms with Crippen LogP contribution in [0.2, 0.25) is 0 Å². The maximum atomic E-state index is 12.5. The summed E-state index contributed by atoms with van der Waals surface area (Å²) >= 11 is 0. The molecule has 7 aliphatic rings. The van der Waals surface area contributed by atoms with Crippen LogP contribution in [0, 0.1) is 40.9 Å². The zero-order chi connectivity index (χ0) is 25.8. The van der Waals surface area contributed by atoms with E-state index < -0.39 is 76.1 Å². The van der Waals surface area contributed by atoms with E-state index in [2.05, 4.69) is 11.8 Å². The third-order valence-electron chi connectivity index (χ3n) is 12.8. The molecule has 3 saturated heterocycles. The lowest BCUT2D eigenvalue weighted by atomic mass is 9.49. The van der Waals surface area contributed by atoms with Crippen LogP contribution in [0.1, 0.15) is 59.3 Å². The molecular formula is C27H43NO8. The Hall–Kier alpha value is -0.360. The van der Waals surface area contributed by atoms with Gasteiger partial charge in [0.05, 0.1) is 23.4 Å². The van der Waals surface area contributed by atoms with Gasteiger partial charge < -0.3 is 40.5 Å². The number of aliphatic hydroxyl groups is 7. The normalized spacial score (nSPS) is 68.0. The zero-order valence-electron chi connectivity index (χ0n) is 21.5. The van der Waals surface area contributed by atoms with E-state index in [1.807, 2.05) is 6.92 Å². The van der Waals surface area contributed by atoms with Crippen molar-refractivity contribution in [3.63, 3.8) is 0 Å². The second-order valence-electron chi connectivity index (χ2n) is 14.2. The summed E-state index contributed by atoms with van der Waals surface area (Å²) < 4.78 is 6.51. The van der Waals surface area contributed by atoms with Crippen LogP contribution < -0.4 is 0 Å². The summed E-state index contributed by atoms with van der Waals surface area (Å²) in [7, 11) is 0. The first kappa shape index (κ1) is 24.7. The minimum absolute atomic E-state index is 0.130. The second kappa shape index (κ2) is 7.04. The van der Waals surface area contributed by atoms with Gasteiger partial charge in [-0.05, 0) is 63.2 Å². The van der Waals surface area contributed by atoms with Gasteiger partial charge in [-0.3, -0.25) is 4.90 Å². The highest BCUT2D eigenvalue weighted by Crippen LogP contribution is 2.76. The molecule has 3 aliphatic heterocycles. The summed E-state index contributed by atoms with van der Waals surface area (Å²) in [5.41, 5.74) is -4.88. The minimum atomic E-state index is -1.85. The lowest BCUT2D eigenvalue weighted by molar-refractivity contribution is -0.295. The van der Waals surface area contributed by atoms with E-state index in [4.69, 9.17) is 4.74 Å². The standard InChI is InChI=1S/C27H43NO8/c1-12-4-5-17-24(3,33)19-13(11-28(17)10-12)14-9-25-21(26(14,34)22(32)20(19)31)15(29)8-16-23(25,2)7-6-18(30)27(16,35)36-25/h12-22,29-35H,4-11H2,1-3H3/t12-,13-,14?,15+,16?,17?,18-,19?,20+,21?,22-,23-,24+,25-,26-,27+/m0/s1. The van der Waals surface area contributed by atoms with Crippen molar-refractivity contribution in [1.82, 2.24) is 4.90 Å². The fourth-order valence-electron chi connectivity index (χ4n) is 11.4. The predicted molar refractivity (Wildman–Crippen MR) is 126 cm³/mol. The molecule has 7 N–H and O–H groups in total. The highest BCUT2D eigenvalue weighted by molar-refractivity contribution is 5.33. The highest BCUT2D eigenvalue weighted by Gasteiger charge is 2.86. The number of ether oxygens (including phenoxy) is 1. The maximum absolute atomic E-state index is 12.5. The molecule has 16 atom stereocenters. The van der Waals surface area contributed by atoms with Crippen molar-refractivity contribution in [2.45, 2.75) is 112 Å². The van der Waals surface area contributed by atoms with Gasteiger partial charge in [-0.1, -0.05) is 13.8 Å². The van der Waals surface area contributed by atoms with Crippen LogP contribution in [0.25, 0.3) is 0 Å². The SMILES string of the molecule is C[C@H]1CCC2N(C1)C[C@@H]1C([C@@H](O)[C@H](O)[C@]3(O)C1C[C@]14O[C@]5(O)C(C[C@@H](O)C31)[C@]4(C)CC[C@@H]5O)[C@]2(C)O. The fourth-order valence-corrected chi connectivity index (χ4v) is 11.4. The molecule has 4 saturated carbocycles. The molecule has 0 aromatic carbocycles. The van der Waals surface area contributed by atoms with Crippen LogP contribution >= 0.6 is 0 Å². The van der Waals surface area contributed by atoms with E-state index in [-0.39, 0.29) is 18.4 Å². The predicted octanol–water partition coefficient (Wildman–Crippen LogP) is -0.814. The van der Waals surface area contributed by atoms with Gasteiger partial charge in [0.1, 0.15) is 17.8 Å². The largest absolute Gasteiger partial charge is 0.393 e. The summed E-state index contributed by atoms with van der Waals surface area (Å²) in [6, 6.07) is -0.130. The molecule has 0 amide bonds. The van der Waals surface area contributed by atoms with Crippen molar-refractivity contribution in [3.05, 3.63) is 0 Å². The van der Waals surface area contributed by atoms with E-state index in [1.165, 1.54) is 0 Å². The Morgan fingerprint density at radius 1 is 0.944 bits per heavy atom. The first-order valence-corrected chi connectivity index (χ1v) is 14.1. The van der Waals surface area contributed by atoms with Crippen LogP contribution in [0.5, 0.6) is 0 Å². The summed E-state index contributed by atoms with van der Waals surface area (Å²) in [4.78, 5) is 2.30. The zero-order valence-corrected chi connectivity index (χ0v) is 21.5. The summed E-state index contributed by atoms with van der Waals surface area (Å²) in [5.74, 6) is -4.29. The van der Waals surface area contributed by atoms with Gasteiger partial charge in [-0.2, -0.15) is 0 Å². The van der Waals surface area contributed by atoms with E-state index in [1.54, 1.807) is 6.92 Å². The Morgan fingerprint density at radius 3 is 2.39 bits per heavy atom. The summed E-state index contributed by atoms with van der Waals surface area (Å²) in [6.45, 7) is 7.40.